The monoisotopic (exact) mass is 365 g/mol. The Hall–Kier alpha value is -2.33. The van der Waals surface area contributed by atoms with E-state index in [0.29, 0.717) is 5.52 Å². The van der Waals surface area contributed by atoms with Crippen LogP contribution in [0.5, 0.6) is 0 Å². The second-order valence-corrected chi connectivity index (χ2v) is 8.46. The van der Waals surface area contributed by atoms with E-state index in [-0.39, 0.29) is 25.1 Å². The van der Waals surface area contributed by atoms with Gasteiger partial charge in [-0.25, -0.2) is 12.8 Å². The lowest BCUT2D eigenvalue weighted by molar-refractivity contribution is -0.146. The van der Waals surface area contributed by atoms with Gasteiger partial charge in [0.1, 0.15) is 5.82 Å². The molecule has 2 rings (SSSR count). The second-order valence-electron chi connectivity index (χ2n) is 6.02. The Balaban J connectivity index is 2.36. The van der Waals surface area contributed by atoms with Gasteiger partial charge < -0.3 is 9.30 Å². The number of ether oxygens (including phenoxy) is 1. The quantitative estimate of drug-likeness (QED) is 0.583. The Kier molecular flexibility index (Phi) is 5.23. The van der Waals surface area contributed by atoms with E-state index in [4.69, 9.17) is 11.2 Å². The normalized spacial score (nSPS) is 14.0. The van der Waals surface area contributed by atoms with Gasteiger partial charge in [0.15, 0.2) is 14.6 Å². The van der Waals surface area contributed by atoms with Crippen molar-refractivity contribution in [2.24, 2.45) is 0 Å². The fraction of sp³-hybridized carbons (Fsp3) is 0.389. The molecule has 1 atom stereocenters. The van der Waals surface area contributed by atoms with E-state index >= 15 is 0 Å². The number of hydrogen-bond acceptors (Lipinski definition) is 4. The van der Waals surface area contributed by atoms with Crippen molar-refractivity contribution in [2.75, 3.05) is 12.9 Å². The van der Waals surface area contributed by atoms with Crippen LogP contribution in [0.15, 0.2) is 24.4 Å². The molecule has 5 nitrogen and oxygen atoms in total. The predicted molar refractivity (Wildman–Crippen MR) is 94.3 cm³/mol. The van der Waals surface area contributed by atoms with Gasteiger partial charge in [0.2, 0.25) is 0 Å². The summed E-state index contributed by atoms with van der Waals surface area (Å²) in [5.74, 6) is 0.972. The first-order valence-electron chi connectivity index (χ1n) is 7.76. The van der Waals surface area contributed by atoms with E-state index in [1.807, 2.05) is 0 Å². The number of aromatic nitrogens is 1. The molecule has 2 aromatic rings. The Morgan fingerprint density at radius 3 is 2.68 bits per heavy atom. The molecule has 0 saturated carbocycles. The van der Waals surface area contributed by atoms with Crippen LogP contribution >= 0.6 is 0 Å². The van der Waals surface area contributed by atoms with Crippen molar-refractivity contribution in [1.29, 1.82) is 0 Å². The summed E-state index contributed by atoms with van der Waals surface area (Å²) in [6.45, 7) is 3.27. The molecule has 7 heteroatoms. The molecule has 0 aliphatic carbocycles. The van der Waals surface area contributed by atoms with Crippen LogP contribution in [-0.4, -0.2) is 36.6 Å². The number of hydrogen-bond donors (Lipinski definition) is 0. The molecule has 0 spiro atoms. The summed E-state index contributed by atoms with van der Waals surface area (Å²) in [6.07, 6.45) is 7.98. The highest BCUT2D eigenvalue weighted by atomic mass is 32.2. The van der Waals surface area contributed by atoms with Crippen molar-refractivity contribution in [1.82, 2.24) is 4.57 Å². The van der Waals surface area contributed by atoms with Gasteiger partial charge in [-0.1, -0.05) is 5.92 Å². The van der Waals surface area contributed by atoms with E-state index < -0.39 is 26.4 Å². The van der Waals surface area contributed by atoms with Crippen LogP contribution in [0.1, 0.15) is 25.8 Å². The molecule has 0 unspecified atom stereocenters. The number of nitrogens with zero attached hydrogens (tertiary/aromatic N) is 1. The van der Waals surface area contributed by atoms with Crippen molar-refractivity contribution < 1.29 is 22.3 Å². The molecular weight excluding hydrogens is 345 g/mol. The largest absolute Gasteiger partial charge is 0.465 e. The first-order valence-corrected chi connectivity index (χ1v) is 9.65. The summed E-state index contributed by atoms with van der Waals surface area (Å²) in [5.41, 5.74) is 0.744. The summed E-state index contributed by atoms with van der Waals surface area (Å²) in [7, 11) is -3.70. The topological polar surface area (TPSA) is 65.4 Å². The van der Waals surface area contributed by atoms with Crippen LogP contribution in [0.3, 0.4) is 0 Å². The molecule has 1 aromatic carbocycles. The van der Waals surface area contributed by atoms with Gasteiger partial charge in [0.05, 0.1) is 17.7 Å². The van der Waals surface area contributed by atoms with Crippen molar-refractivity contribution in [2.45, 2.75) is 31.6 Å². The van der Waals surface area contributed by atoms with Crippen LogP contribution in [0.4, 0.5) is 4.39 Å². The van der Waals surface area contributed by atoms with E-state index in [1.54, 1.807) is 29.8 Å². The maximum absolute atomic E-state index is 13.9. The van der Waals surface area contributed by atoms with Crippen LogP contribution in [0.25, 0.3) is 10.9 Å². The third-order valence-electron chi connectivity index (χ3n) is 4.37. The van der Waals surface area contributed by atoms with Gasteiger partial charge in [0.25, 0.3) is 0 Å². The number of rotatable bonds is 6. The van der Waals surface area contributed by atoms with Gasteiger partial charge in [-0.3, -0.25) is 4.79 Å². The Morgan fingerprint density at radius 1 is 1.44 bits per heavy atom. The summed E-state index contributed by atoms with van der Waals surface area (Å²) in [4.78, 5) is 12.2. The van der Waals surface area contributed by atoms with E-state index in [1.165, 1.54) is 13.0 Å². The predicted octanol–water partition coefficient (Wildman–Crippen LogP) is 2.52. The van der Waals surface area contributed by atoms with E-state index in [2.05, 4.69) is 5.92 Å². The van der Waals surface area contributed by atoms with Gasteiger partial charge in [0, 0.05) is 24.4 Å². The molecule has 0 radical (unpaired) electrons. The molecule has 0 N–H and O–H groups in total. The van der Waals surface area contributed by atoms with Gasteiger partial charge in [-0.05, 0) is 38.5 Å². The molecule has 0 aliphatic rings. The van der Waals surface area contributed by atoms with Crippen LogP contribution in [0, 0.1) is 18.2 Å². The van der Waals surface area contributed by atoms with Gasteiger partial charge >= 0.3 is 5.97 Å². The van der Waals surface area contributed by atoms with Crippen LogP contribution in [0.2, 0.25) is 0 Å². The van der Waals surface area contributed by atoms with Crippen molar-refractivity contribution in [3.63, 3.8) is 0 Å². The summed E-state index contributed by atoms with van der Waals surface area (Å²) >= 11 is 0. The number of terminal acetylenes is 1. The lowest BCUT2D eigenvalue weighted by Crippen LogP contribution is -2.45. The minimum atomic E-state index is -3.70. The van der Waals surface area contributed by atoms with E-state index in [9.17, 15) is 17.6 Å². The van der Waals surface area contributed by atoms with Crippen molar-refractivity contribution in [3.8, 4) is 12.3 Å². The zero-order chi connectivity index (χ0) is 18.8. The molecule has 0 saturated heterocycles. The number of sulfone groups is 1. The van der Waals surface area contributed by atoms with Gasteiger partial charge in [-0.15, -0.1) is 6.42 Å². The Bertz CT molecular complexity index is 955. The van der Waals surface area contributed by atoms with Crippen LogP contribution < -0.4 is 0 Å². The number of esters is 1. The minimum absolute atomic E-state index is 0.00690. The fourth-order valence-electron chi connectivity index (χ4n) is 2.57. The summed E-state index contributed by atoms with van der Waals surface area (Å²) in [6, 6.07) is 4.63. The summed E-state index contributed by atoms with van der Waals surface area (Å²) < 4.78 is 43.2. The lowest BCUT2D eigenvalue weighted by atomic mass is 10.1. The Labute approximate surface area is 146 Å². The number of halogens is 1. The molecule has 0 fully saturated rings. The van der Waals surface area contributed by atoms with Gasteiger partial charge in [-0.2, -0.15) is 0 Å². The first kappa shape index (κ1) is 19.0. The minimum Gasteiger partial charge on any atom is -0.465 e. The smallest absolute Gasteiger partial charge is 0.327 e. The second kappa shape index (κ2) is 6.89. The zero-order valence-corrected chi connectivity index (χ0v) is 15.2. The van der Waals surface area contributed by atoms with Crippen molar-refractivity contribution >= 4 is 26.7 Å². The van der Waals surface area contributed by atoms with Crippen molar-refractivity contribution in [3.05, 3.63) is 35.8 Å². The lowest BCUT2D eigenvalue weighted by Gasteiger charge is -2.25. The molecular formula is C18H20FNO4S. The maximum atomic E-state index is 13.9. The SMILES string of the molecule is C#Cc1cc2ccn(CC[C@](C)(C(=O)OCC)S(C)(=O)=O)c2cc1F. The highest BCUT2D eigenvalue weighted by Gasteiger charge is 2.44. The summed E-state index contributed by atoms with van der Waals surface area (Å²) in [5, 5.41) is 0.742. The molecule has 1 aromatic heterocycles. The molecule has 0 aliphatic heterocycles. The zero-order valence-electron chi connectivity index (χ0n) is 14.4. The molecule has 25 heavy (non-hydrogen) atoms. The number of fused-ring (bicyclic) bond motifs is 1. The highest BCUT2D eigenvalue weighted by molar-refractivity contribution is 7.92. The van der Waals surface area contributed by atoms with Crippen LogP contribution in [-0.2, 0) is 25.9 Å². The molecule has 0 bridgehead atoms. The maximum Gasteiger partial charge on any atom is 0.327 e. The third-order valence-corrected chi connectivity index (χ3v) is 6.38. The third kappa shape index (κ3) is 3.54. The highest BCUT2D eigenvalue weighted by Crippen LogP contribution is 2.26. The number of benzene rings is 1. The number of carbonyl (C=O) groups excluding carboxylic acids is 1. The first-order chi connectivity index (χ1) is 11.6. The number of carbonyl (C=O) groups is 1. The Morgan fingerprint density at radius 2 is 2.12 bits per heavy atom. The number of aryl methyl sites for hydroxylation is 1. The average Bonchev–Trinajstić information content (AvgIpc) is 2.92. The molecule has 0 amide bonds. The average molecular weight is 365 g/mol. The fourth-order valence-corrected chi connectivity index (χ4v) is 3.40. The molecule has 1 heterocycles. The van der Waals surface area contributed by atoms with E-state index in [0.717, 1.165) is 11.6 Å². The molecule has 134 valence electrons. The standard InChI is InChI=1S/C18H20FNO4S/c1-5-13-11-14-7-9-20(16(14)12-15(13)19)10-8-18(3,25(4,22)23)17(21)24-6-2/h1,7,9,11-12H,6,8,10H2,2-4H3/t18-/m1/s1.